The summed E-state index contributed by atoms with van der Waals surface area (Å²) in [4.78, 5) is 23.0. The predicted octanol–water partition coefficient (Wildman–Crippen LogP) is 3.15. The quantitative estimate of drug-likeness (QED) is 0.920. The van der Waals surface area contributed by atoms with Crippen molar-refractivity contribution < 1.29 is 14.3 Å². The number of amides is 1. The Bertz CT molecular complexity index is 437. The number of ketones is 1. The highest BCUT2D eigenvalue weighted by Gasteiger charge is 2.16. The number of carbonyl (C=O) groups excluding carboxylic acids is 2. The molecule has 0 bridgehead atoms. The van der Waals surface area contributed by atoms with Crippen LogP contribution in [-0.4, -0.2) is 24.0 Å². The zero-order valence-corrected chi connectivity index (χ0v) is 13.0. The molecule has 18 heavy (non-hydrogen) atoms. The van der Waals surface area contributed by atoms with E-state index in [0.717, 1.165) is 9.35 Å². The number of carbonyl (C=O) groups is 2. The molecule has 6 heteroatoms. The molecule has 0 saturated carbocycles. The van der Waals surface area contributed by atoms with Gasteiger partial charge in [0.2, 0.25) is 0 Å². The molecule has 0 aliphatic carbocycles. The summed E-state index contributed by atoms with van der Waals surface area (Å²) in [6.45, 7) is 5.31. The van der Waals surface area contributed by atoms with E-state index in [2.05, 4.69) is 21.2 Å². The van der Waals surface area contributed by atoms with Crippen molar-refractivity contribution in [2.45, 2.75) is 32.8 Å². The van der Waals surface area contributed by atoms with Crippen LogP contribution in [0.4, 0.5) is 4.79 Å². The Balaban J connectivity index is 2.34. The Labute approximate surface area is 119 Å². The first-order chi connectivity index (χ1) is 8.28. The maximum absolute atomic E-state index is 11.6. The molecule has 4 nitrogen and oxygen atoms in total. The van der Waals surface area contributed by atoms with Gasteiger partial charge in [-0.05, 0) is 53.7 Å². The van der Waals surface area contributed by atoms with Gasteiger partial charge in [0.15, 0.2) is 5.78 Å². The fourth-order valence-electron chi connectivity index (χ4n) is 1.21. The van der Waals surface area contributed by atoms with Gasteiger partial charge in [-0.25, -0.2) is 4.79 Å². The van der Waals surface area contributed by atoms with Gasteiger partial charge in [-0.3, -0.25) is 4.79 Å². The molecule has 0 aromatic carbocycles. The summed E-state index contributed by atoms with van der Waals surface area (Å²) in [6.07, 6.45) is -0.264. The second-order valence-electron chi connectivity index (χ2n) is 4.79. The van der Waals surface area contributed by atoms with Crippen LogP contribution in [-0.2, 0) is 16.0 Å². The molecule has 0 radical (unpaired) electrons. The Kier molecular flexibility index (Phi) is 5.34. The van der Waals surface area contributed by atoms with Crippen molar-refractivity contribution in [2.24, 2.45) is 0 Å². The molecule has 0 aliphatic rings. The number of halogens is 1. The molecule has 1 aromatic heterocycles. The van der Waals surface area contributed by atoms with Crippen LogP contribution < -0.4 is 5.32 Å². The minimum absolute atomic E-state index is 0.0167. The second-order valence-corrected chi connectivity index (χ2v) is 7.02. The lowest BCUT2D eigenvalue weighted by molar-refractivity contribution is -0.117. The molecule has 1 rings (SSSR count). The SMILES string of the molecule is CC(C)(C)OC(=O)NCC(=O)Cc1ccsc1Br. The summed E-state index contributed by atoms with van der Waals surface area (Å²) in [5.41, 5.74) is 0.389. The summed E-state index contributed by atoms with van der Waals surface area (Å²) in [6, 6.07) is 1.89. The van der Waals surface area contributed by atoms with Gasteiger partial charge in [-0.2, -0.15) is 0 Å². The highest BCUT2D eigenvalue weighted by Crippen LogP contribution is 2.23. The van der Waals surface area contributed by atoms with Crippen LogP contribution in [0.5, 0.6) is 0 Å². The lowest BCUT2D eigenvalue weighted by Gasteiger charge is -2.19. The van der Waals surface area contributed by atoms with Crippen LogP contribution in [0.25, 0.3) is 0 Å². The number of thiophene rings is 1. The molecule has 1 N–H and O–H groups in total. The van der Waals surface area contributed by atoms with E-state index in [4.69, 9.17) is 4.74 Å². The fraction of sp³-hybridized carbons (Fsp3) is 0.500. The monoisotopic (exact) mass is 333 g/mol. The van der Waals surface area contributed by atoms with Gasteiger partial charge < -0.3 is 10.1 Å². The van der Waals surface area contributed by atoms with Gasteiger partial charge in [0.25, 0.3) is 0 Å². The van der Waals surface area contributed by atoms with E-state index >= 15 is 0 Å². The first-order valence-electron chi connectivity index (χ1n) is 5.48. The van der Waals surface area contributed by atoms with Crippen LogP contribution in [0.2, 0.25) is 0 Å². The average molecular weight is 334 g/mol. The van der Waals surface area contributed by atoms with E-state index in [1.165, 1.54) is 11.3 Å². The van der Waals surface area contributed by atoms with E-state index in [9.17, 15) is 9.59 Å². The minimum Gasteiger partial charge on any atom is -0.444 e. The number of alkyl carbamates (subject to hydrolysis) is 1. The van der Waals surface area contributed by atoms with E-state index in [1.54, 1.807) is 20.8 Å². The number of hydrogen-bond donors (Lipinski definition) is 1. The largest absolute Gasteiger partial charge is 0.444 e. The van der Waals surface area contributed by atoms with Crippen LogP contribution in [0, 0.1) is 0 Å². The third-order valence-corrected chi connectivity index (χ3v) is 3.72. The van der Waals surface area contributed by atoms with Gasteiger partial charge >= 0.3 is 6.09 Å². The topological polar surface area (TPSA) is 55.4 Å². The molecule has 1 aromatic rings. The van der Waals surface area contributed by atoms with Crippen molar-refractivity contribution in [3.63, 3.8) is 0 Å². The Morgan fingerprint density at radius 2 is 2.11 bits per heavy atom. The molecule has 0 atom stereocenters. The maximum atomic E-state index is 11.6. The van der Waals surface area contributed by atoms with Gasteiger partial charge in [-0.15, -0.1) is 11.3 Å². The molecular formula is C12H16BrNO3S. The molecule has 0 spiro atoms. The molecule has 0 saturated heterocycles. The molecule has 0 unspecified atom stereocenters. The van der Waals surface area contributed by atoms with E-state index < -0.39 is 11.7 Å². The third-order valence-electron chi connectivity index (χ3n) is 1.91. The second kappa shape index (κ2) is 6.33. The van der Waals surface area contributed by atoms with Crippen molar-refractivity contribution >= 4 is 39.1 Å². The molecule has 0 aliphatic heterocycles. The van der Waals surface area contributed by atoms with E-state index in [-0.39, 0.29) is 12.3 Å². The van der Waals surface area contributed by atoms with Gasteiger partial charge in [0, 0.05) is 6.42 Å². The predicted molar refractivity (Wildman–Crippen MR) is 75.0 cm³/mol. The summed E-state index contributed by atoms with van der Waals surface area (Å²) < 4.78 is 5.99. The van der Waals surface area contributed by atoms with Crippen molar-refractivity contribution in [3.8, 4) is 0 Å². The normalized spacial score (nSPS) is 11.1. The van der Waals surface area contributed by atoms with Gasteiger partial charge in [0.05, 0.1) is 10.3 Å². The zero-order valence-electron chi connectivity index (χ0n) is 10.6. The fourth-order valence-corrected chi connectivity index (χ4v) is 2.44. The highest BCUT2D eigenvalue weighted by atomic mass is 79.9. The Hall–Kier alpha value is -0.880. The van der Waals surface area contributed by atoms with Crippen LogP contribution in [0.15, 0.2) is 15.2 Å². The minimum atomic E-state index is -0.569. The lowest BCUT2D eigenvalue weighted by Crippen LogP contribution is -2.35. The molecule has 1 amide bonds. The van der Waals surface area contributed by atoms with E-state index in [1.807, 2.05) is 11.4 Å². The summed E-state index contributed by atoms with van der Waals surface area (Å²) in [5.74, 6) is -0.0556. The lowest BCUT2D eigenvalue weighted by atomic mass is 10.2. The zero-order chi connectivity index (χ0) is 13.8. The first kappa shape index (κ1) is 15.2. The van der Waals surface area contributed by atoms with E-state index in [0.29, 0.717) is 6.42 Å². The highest BCUT2D eigenvalue weighted by molar-refractivity contribution is 9.11. The number of ether oxygens (including phenoxy) is 1. The molecule has 100 valence electrons. The summed E-state index contributed by atoms with van der Waals surface area (Å²) in [7, 11) is 0. The number of Topliss-reactive ketones (excluding diaryl/α,β-unsaturated/α-hetero) is 1. The molecule has 0 fully saturated rings. The van der Waals surface area contributed by atoms with Crippen molar-refractivity contribution in [2.75, 3.05) is 6.54 Å². The number of rotatable bonds is 4. The van der Waals surface area contributed by atoms with Crippen LogP contribution in [0.3, 0.4) is 0 Å². The third kappa shape index (κ3) is 5.64. The van der Waals surface area contributed by atoms with Gasteiger partial charge in [-0.1, -0.05) is 0 Å². The van der Waals surface area contributed by atoms with Gasteiger partial charge in [0.1, 0.15) is 5.60 Å². The Morgan fingerprint density at radius 1 is 1.44 bits per heavy atom. The smallest absolute Gasteiger partial charge is 0.408 e. The van der Waals surface area contributed by atoms with Crippen molar-refractivity contribution in [1.29, 1.82) is 0 Å². The number of hydrogen-bond acceptors (Lipinski definition) is 4. The van der Waals surface area contributed by atoms with Crippen molar-refractivity contribution in [1.82, 2.24) is 5.32 Å². The molecular weight excluding hydrogens is 318 g/mol. The Morgan fingerprint density at radius 3 is 2.61 bits per heavy atom. The maximum Gasteiger partial charge on any atom is 0.408 e. The average Bonchev–Trinajstić information content (AvgIpc) is 2.59. The first-order valence-corrected chi connectivity index (χ1v) is 7.15. The number of nitrogens with one attached hydrogen (secondary N) is 1. The summed E-state index contributed by atoms with van der Waals surface area (Å²) in [5, 5.41) is 4.36. The summed E-state index contributed by atoms with van der Waals surface area (Å²) >= 11 is 4.90. The standard InChI is InChI=1S/C12H16BrNO3S/c1-12(2,3)17-11(16)14-7-9(15)6-8-4-5-18-10(8)13/h4-5H,6-7H2,1-3H3,(H,14,16). The van der Waals surface area contributed by atoms with Crippen LogP contribution in [0.1, 0.15) is 26.3 Å². The van der Waals surface area contributed by atoms with Crippen molar-refractivity contribution in [3.05, 3.63) is 20.8 Å². The van der Waals surface area contributed by atoms with Crippen LogP contribution >= 0.6 is 27.3 Å². The molecule has 1 heterocycles.